The third-order valence-electron chi connectivity index (χ3n) is 3.35. The number of piperidine rings is 1. The van der Waals surface area contributed by atoms with Gasteiger partial charge in [-0.2, -0.15) is 5.26 Å². The van der Waals surface area contributed by atoms with Crippen molar-refractivity contribution in [2.75, 3.05) is 13.1 Å². The van der Waals surface area contributed by atoms with Gasteiger partial charge < -0.3 is 9.64 Å². The number of rotatable bonds is 1. The zero-order valence-corrected chi connectivity index (χ0v) is 10.1. The Morgan fingerprint density at radius 1 is 1.44 bits per heavy atom. The fourth-order valence-electron chi connectivity index (χ4n) is 2.53. The summed E-state index contributed by atoms with van der Waals surface area (Å²) in [6.07, 6.45) is 0.424. The van der Waals surface area contributed by atoms with E-state index in [1.807, 2.05) is 20.8 Å². The maximum Gasteiger partial charge on any atom is 0.410 e. The molecule has 1 unspecified atom stereocenters. The van der Waals surface area contributed by atoms with Crippen LogP contribution in [0.15, 0.2) is 0 Å². The molecule has 0 spiro atoms. The number of nitrogens with zero attached hydrogens (tertiary/aromatic N) is 2. The molecule has 16 heavy (non-hydrogen) atoms. The zero-order valence-electron chi connectivity index (χ0n) is 10.1. The summed E-state index contributed by atoms with van der Waals surface area (Å²) in [6.45, 7) is 7.17. The molecule has 88 valence electrons. The summed E-state index contributed by atoms with van der Waals surface area (Å²) in [5, 5.41) is 8.60. The molecule has 0 bridgehead atoms. The quantitative estimate of drug-likeness (QED) is 0.682. The van der Waals surface area contributed by atoms with Gasteiger partial charge in [0.2, 0.25) is 0 Å². The average molecular weight is 222 g/mol. The van der Waals surface area contributed by atoms with Crippen molar-refractivity contribution in [3.8, 4) is 6.07 Å². The molecule has 1 amide bonds. The predicted octanol–water partition coefficient (Wildman–Crippen LogP) is 2.01. The van der Waals surface area contributed by atoms with Gasteiger partial charge in [-0.1, -0.05) is 0 Å². The van der Waals surface area contributed by atoms with E-state index in [2.05, 4.69) is 6.07 Å². The van der Waals surface area contributed by atoms with Crippen LogP contribution in [0, 0.1) is 29.1 Å². The Morgan fingerprint density at radius 3 is 2.44 bits per heavy atom. The number of fused-ring (bicyclic) bond motifs is 1. The van der Waals surface area contributed by atoms with Crippen LogP contribution in [0.3, 0.4) is 0 Å². The monoisotopic (exact) mass is 222 g/mol. The minimum Gasteiger partial charge on any atom is -0.444 e. The van der Waals surface area contributed by atoms with Crippen molar-refractivity contribution in [1.29, 1.82) is 5.26 Å². The normalized spacial score (nSPS) is 31.9. The molecule has 2 aliphatic rings. The van der Waals surface area contributed by atoms with Gasteiger partial charge in [-0.3, -0.25) is 0 Å². The highest BCUT2D eigenvalue weighted by Crippen LogP contribution is 2.53. The Hall–Kier alpha value is -1.24. The molecule has 2 rings (SSSR count). The molecule has 4 nitrogen and oxygen atoms in total. The molecule has 0 aromatic carbocycles. The van der Waals surface area contributed by atoms with E-state index < -0.39 is 5.60 Å². The van der Waals surface area contributed by atoms with Crippen LogP contribution in [0.5, 0.6) is 0 Å². The van der Waals surface area contributed by atoms with Crippen molar-refractivity contribution in [1.82, 2.24) is 4.90 Å². The number of nitriles is 1. The Labute approximate surface area is 96.2 Å². The first-order valence-electron chi connectivity index (χ1n) is 5.77. The molecule has 2 fully saturated rings. The summed E-state index contributed by atoms with van der Waals surface area (Å²) in [5.74, 6) is 1.63. The Morgan fingerprint density at radius 2 is 2.00 bits per heavy atom. The van der Waals surface area contributed by atoms with Crippen molar-refractivity contribution in [2.45, 2.75) is 32.8 Å². The molecule has 1 aliphatic heterocycles. The summed E-state index contributed by atoms with van der Waals surface area (Å²) < 4.78 is 5.31. The van der Waals surface area contributed by atoms with Crippen molar-refractivity contribution in [2.24, 2.45) is 17.8 Å². The van der Waals surface area contributed by atoms with Crippen LogP contribution in [0.2, 0.25) is 0 Å². The average Bonchev–Trinajstić information content (AvgIpc) is 2.60. The zero-order chi connectivity index (χ0) is 11.9. The molecule has 1 heterocycles. The van der Waals surface area contributed by atoms with E-state index in [1.165, 1.54) is 0 Å². The van der Waals surface area contributed by atoms with Crippen LogP contribution < -0.4 is 0 Å². The molecule has 3 atom stereocenters. The van der Waals surface area contributed by atoms with Gasteiger partial charge in [-0.15, -0.1) is 0 Å². The lowest BCUT2D eigenvalue weighted by Gasteiger charge is -2.25. The molecular formula is C12H18N2O2. The number of likely N-dealkylation sites (tertiary alicyclic amines) is 1. The molecule has 4 heteroatoms. The van der Waals surface area contributed by atoms with Crippen LogP contribution in [-0.2, 0) is 4.74 Å². The summed E-state index contributed by atoms with van der Waals surface area (Å²) >= 11 is 0. The van der Waals surface area contributed by atoms with Crippen LogP contribution in [0.4, 0.5) is 4.79 Å². The Bertz CT molecular complexity index is 328. The van der Waals surface area contributed by atoms with E-state index in [0.29, 0.717) is 24.2 Å². The second-order valence-electron chi connectivity index (χ2n) is 5.74. The molecule has 0 radical (unpaired) electrons. The third kappa shape index (κ3) is 2.13. The number of amides is 1. The smallest absolute Gasteiger partial charge is 0.410 e. The lowest BCUT2D eigenvalue weighted by atomic mass is 10.2. The number of carbonyl (C=O) groups excluding carboxylic acids is 1. The third-order valence-corrected chi connectivity index (χ3v) is 3.35. The SMILES string of the molecule is CC(C)(C)OC(=O)N1C[C@@H]2C(CC#N)[C@@H]2C1. The highest BCUT2D eigenvalue weighted by molar-refractivity contribution is 5.69. The van der Waals surface area contributed by atoms with Crippen LogP contribution in [-0.4, -0.2) is 29.7 Å². The van der Waals surface area contributed by atoms with Gasteiger partial charge in [0.15, 0.2) is 0 Å². The lowest BCUT2D eigenvalue weighted by Crippen LogP contribution is -2.37. The molecular weight excluding hydrogens is 204 g/mol. The second-order valence-corrected chi connectivity index (χ2v) is 5.74. The van der Waals surface area contributed by atoms with Gasteiger partial charge in [0.05, 0.1) is 6.07 Å². The predicted molar refractivity (Wildman–Crippen MR) is 58.5 cm³/mol. The number of carbonyl (C=O) groups is 1. The Kier molecular flexibility index (Phi) is 2.57. The molecule has 0 aromatic rings. The first kappa shape index (κ1) is 11.3. The van der Waals surface area contributed by atoms with Gasteiger partial charge in [-0.05, 0) is 38.5 Å². The summed E-state index contributed by atoms with van der Waals surface area (Å²) in [5.41, 5.74) is -0.421. The van der Waals surface area contributed by atoms with Gasteiger partial charge in [0.25, 0.3) is 0 Å². The molecule has 1 saturated carbocycles. The van der Waals surface area contributed by atoms with E-state index in [0.717, 1.165) is 13.1 Å². The highest BCUT2D eigenvalue weighted by Gasteiger charge is 2.56. The summed E-state index contributed by atoms with van der Waals surface area (Å²) in [7, 11) is 0. The van der Waals surface area contributed by atoms with Crippen molar-refractivity contribution in [3.05, 3.63) is 0 Å². The topological polar surface area (TPSA) is 53.3 Å². The first-order valence-corrected chi connectivity index (χ1v) is 5.77. The van der Waals surface area contributed by atoms with Crippen molar-refractivity contribution < 1.29 is 9.53 Å². The summed E-state index contributed by atoms with van der Waals surface area (Å²) in [6, 6.07) is 2.21. The van der Waals surface area contributed by atoms with Gasteiger partial charge >= 0.3 is 6.09 Å². The van der Waals surface area contributed by atoms with E-state index in [1.54, 1.807) is 4.90 Å². The van der Waals surface area contributed by atoms with Gasteiger partial charge in [0.1, 0.15) is 5.60 Å². The maximum absolute atomic E-state index is 11.7. The van der Waals surface area contributed by atoms with Crippen LogP contribution in [0.1, 0.15) is 27.2 Å². The van der Waals surface area contributed by atoms with Gasteiger partial charge in [-0.25, -0.2) is 4.79 Å². The number of hydrogen-bond donors (Lipinski definition) is 0. The number of ether oxygens (including phenoxy) is 1. The van der Waals surface area contributed by atoms with E-state index >= 15 is 0 Å². The second kappa shape index (κ2) is 3.65. The van der Waals surface area contributed by atoms with Crippen molar-refractivity contribution >= 4 is 6.09 Å². The summed E-state index contributed by atoms with van der Waals surface area (Å²) in [4.78, 5) is 13.5. The molecule has 0 aromatic heterocycles. The van der Waals surface area contributed by atoms with E-state index in [9.17, 15) is 4.79 Å². The standard InChI is InChI=1S/C12H18N2O2/c1-12(2,3)16-11(15)14-6-9-8(4-5-13)10(9)7-14/h8-10H,4,6-7H2,1-3H3/t8?,9-,10+. The lowest BCUT2D eigenvalue weighted by molar-refractivity contribution is 0.0266. The minimum atomic E-state index is -0.421. The molecule has 0 N–H and O–H groups in total. The molecule has 1 saturated heterocycles. The van der Waals surface area contributed by atoms with Gasteiger partial charge in [0, 0.05) is 19.5 Å². The van der Waals surface area contributed by atoms with Crippen molar-refractivity contribution in [3.63, 3.8) is 0 Å². The highest BCUT2D eigenvalue weighted by atomic mass is 16.6. The van der Waals surface area contributed by atoms with Crippen LogP contribution >= 0.6 is 0 Å². The fourth-order valence-corrected chi connectivity index (χ4v) is 2.53. The largest absolute Gasteiger partial charge is 0.444 e. The minimum absolute atomic E-state index is 0.213. The van der Waals surface area contributed by atoms with E-state index in [4.69, 9.17) is 10.00 Å². The first-order chi connectivity index (χ1) is 7.42. The maximum atomic E-state index is 11.7. The van der Waals surface area contributed by atoms with Crippen LogP contribution in [0.25, 0.3) is 0 Å². The number of hydrogen-bond acceptors (Lipinski definition) is 3. The van der Waals surface area contributed by atoms with E-state index in [-0.39, 0.29) is 6.09 Å². The molecule has 1 aliphatic carbocycles. The Balaban J connectivity index is 1.81. The fraction of sp³-hybridized carbons (Fsp3) is 0.833.